The predicted octanol–water partition coefficient (Wildman–Crippen LogP) is 0.391. The zero-order chi connectivity index (χ0) is 7.11. The molecule has 0 unspecified atom stereocenters. The van der Waals surface area contributed by atoms with Gasteiger partial charge in [0.05, 0.1) is 0 Å². The molecule has 9 heavy (non-hydrogen) atoms. The first-order chi connectivity index (χ1) is 4.31. The summed E-state index contributed by atoms with van der Waals surface area (Å²) in [6.45, 7) is 1.88. The second kappa shape index (κ2) is 5.24. The number of aliphatic imine (C=N–C) groups is 1. The molecule has 0 radical (unpaired) electrons. The first-order valence-corrected chi connectivity index (χ1v) is 2.56. The van der Waals surface area contributed by atoms with Crippen molar-refractivity contribution in [1.29, 1.82) is 0 Å². The largest absolute Gasteiger partial charge is 0.364 e. The summed E-state index contributed by atoms with van der Waals surface area (Å²) < 4.78 is 4.55. The van der Waals surface area contributed by atoms with Crippen molar-refractivity contribution < 1.29 is 9.53 Å². The Morgan fingerprint density at radius 1 is 1.89 bits per heavy atom. The molecule has 0 spiro atoms. The molecule has 0 heterocycles. The predicted molar refractivity (Wildman–Crippen MR) is 34.6 cm³/mol. The third-order valence-electron chi connectivity index (χ3n) is 0.614. The van der Waals surface area contributed by atoms with Crippen molar-refractivity contribution in [3.8, 4) is 0 Å². The zero-order valence-electron chi connectivity index (χ0n) is 5.55. The highest BCUT2D eigenvalue weighted by atomic mass is 16.5. The van der Waals surface area contributed by atoms with Crippen molar-refractivity contribution in [3.63, 3.8) is 0 Å². The van der Waals surface area contributed by atoms with Gasteiger partial charge in [0.15, 0.2) is 0 Å². The van der Waals surface area contributed by atoms with E-state index in [1.54, 1.807) is 6.92 Å². The molecule has 0 aliphatic rings. The fourth-order valence-corrected chi connectivity index (χ4v) is 0.297. The Morgan fingerprint density at radius 3 is 3.00 bits per heavy atom. The number of nitrogens with one attached hydrogen (secondary N) is 1. The summed E-state index contributed by atoms with van der Waals surface area (Å²) in [7, 11) is 1.50. The first-order valence-electron chi connectivity index (χ1n) is 2.56. The van der Waals surface area contributed by atoms with Gasteiger partial charge in [-0.2, -0.15) is 0 Å². The smallest absolute Gasteiger partial charge is 0.342 e. The Bertz CT molecular complexity index is 112. The summed E-state index contributed by atoms with van der Waals surface area (Å²) in [5.41, 5.74) is 0. The summed E-state index contributed by atoms with van der Waals surface area (Å²) in [5, 5.41) is 2.37. The number of rotatable bonds is 2. The minimum Gasteiger partial charge on any atom is -0.364 e. The van der Waals surface area contributed by atoms with Crippen molar-refractivity contribution in [1.82, 2.24) is 5.32 Å². The SMILES string of the molecule is CC=NC(=O)NCOC. The van der Waals surface area contributed by atoms with E-state index in [1.165, 1.54) is 13.3 Å². The van der Waals surface area contributed by atoms with Crippen LogP contribution in [0, 0.1) is 0 Å². The van der Waals surface area contributed by atoms with Crippen LogP contribution in [0.2, 0.25) is 0 Å². The van der Waals surface area contributed by atoms with Crippen molar-refractivity contribution in [2.45, 2.75) is 6.92 Å². The fourth-order valence-electron chi connectivity index (χ4n) is 0.297. The Kier molecular flexibility index (Phi) is 4.72. The lowest BCUT2D eigenvalue weighted by Crippen LogP contribution is -2.21. The van der Waals surface area contributed by atoms with Crippen LogP contribution >= 0.6 is 0 Å². The molecule has 0 fully saturated rings. The summed E-state index contributed by atoms with van der Waals surface area (Å²) in [4.78, 5) is 13.8. The third kappa shape index (κ3) is 4.96. The van der Waals surface area contributed by atoms with Crippen LogP contribution in [0.25, 0.3) is 0 Å². The first kappa shape index (κ1) is 8.10. The highest BCUT2D eigenvalue weighted by Gasteiger charge is 1.89. The molecule has 4 nitrogen and oxygen atoms in total. The van der Waals surface area contributed by atoms with E-state index in [0.717, 1.165) is 0 Å². The summed E-state index contributed by atoms with van der Waals surface area (Å²) in [5.74, 6) is 0. The minimum absolute atomic E-state index is 0.205. The van der Waals surface area contributed by atoms with E-state index in [9.17, 15) is 4.79 Å². The number of ether oxygens (including phenoxy) is 1. The molecule has 0 aliphatic heterocycles. The number of hydrogen-bond acceptors (Lipinski definition) is 2. The van der Waals surface area contributed by atoms with Crippen molar-refractivity contribution in [2.24, 2.45) is 4.99 Å². The summed E-state index contributed by atoms with van der Waals surface area (Å²) in [6.07, 6.45) is 1.42. The maximum atomic E-state index is 10.4. The Morgan fingerprint density at radius 2 is 2.56 bits per heavy atom. The lowest BCUT2D eigenvalue weighted by Gasteiger charge is -1.95. The molecule has 0 saturated heterocycles. The number of carbonyl (C=O) groups excluding carboxylic acids is 1. The van der Waals surface area contributed by atoms with Crippen LogP contribution in [0.5, 0.6) is 0 Å². The molecule has 0 saturated carbocycles. The van der Waals surface area contributed by atoms with Gasteiger partial charge in [-0.1, -0.05) is 0 Å². The standard InChI is InChI=1S/C5H10N2O2/c1-3-6-5(8)7-4-9-2/h3H,4H2,1-2H3,(H,7,8). The number of methoxy groups -OCH3 is 1. The molecule has 0 rings (SSSR count). The number of hydrogen-bond donors (Lipinski definition) is 1. The Labute approximate surface area is 53.9 Å². The molecule has 0 atom stereocenters. The second-order valence-electron chi connectivity index (χ2n) is 1.30. The molecule has 0 bridgehead atoms. The van der Waals surface area contributed by atoms with E-state index in [1.807, 2.05) is 0 Å². The van der Waals surface area contributed by atoms with Crippen molar-refractivity contribution >= 4 is 12.2 Å². The van der Waals surface area contributed by atoms with Crippen LogP contribution in [0.3, 0.4) is 0 Å². The lowest BCUT2D eigenvalue weighted by atomic mass is 10.8. The van der Waals surface area contributed by atoms with Gasteiger partial charge in [-0.05, 0) is 6.92 Å². The molecule has 0 aromatic carbocycles. The van der Waals surface area contributed by atoms with E-state index in [2.05, 4.69) is 15.0 Å². The van der Waals surface area contributed by atoms with Gasteiger partial charge < -0.3 is 10.1 Å². The molecule has 52 valence electrons. The number of carbonyl (C=O) groups is 1. The van der Waals surface area contributed by atoms with Gasteiger partial charge in [0.25, 0.3) is 0 Å². The highest BCUT2D eigenvalue weighted by Crippen LogP contribution is 1.70. The normalized spacial score (nSPS) is 10.0. The second-order valence-corrected chi connectivity index (χ2v) is 1.30. The molecule has 2 amide bonds. The van der Waals surface area contributed by atoms with Crippen LogP contribution in [-0.4, -0.2) is 26.1 Å². The quantitative estimate of drug-likeness (QED) is 0.434. The van der Waals surface area contributed by atoms with E-state index >= 15 is 0 Å². The van der Waals surface area contributed by atoms with Crippen LogP contribution in [0.15, 0.2) is 4.99 Å². The number of urea groups is 1. The van der Waals surface area contributed by atoms with Gasteiger partial charge in [-0.3, -0.25) is 0 Å². The molecule has 0 aromatic heterocycles. The number of amides is 2. The minimum atomic E-state index is -0.376. The highest BCUT2D eigenvalue weighted by molar-refractivity contribution is 5.82. The zero-order valence-corrected chi connectivity index (χ0v) is 5.55. The molecule has 4 heteroatoms. The van der Waals surface area contributed by atoms with Crippen molar-refractivity contribution in [3.05, 3.63) is 0 Å². The third-order valence-corrected chi connectivity index (χ3v) is 0.614. The molecule has 0 aromatic rings. The molecular formula is C5H10N2O2. The van der Waals surface area contributed by atoms with Gasteiger partial charge in [-0.25, -0.2) is 9.79 Å². The van der Waals surface area contributed by atoms with Gasteiger partial charge in [0, 0.05) is 13.3 Å². The summed E-state index contributed by atoms with van der Waals surface area (Å²) >= 11 is 0. The van der Waals surface area contributed by atoms with Crippen molar-refractivity contribution in [2.75, 3.05) is 13.8 Å². The van der Waals surface area contributed by atoms with E-state index in [0.29, 0.717) is 0 Å². The summed E-state index contributed by atoms with van der Waals surface area (Å²) in [6, 6.07) is -0.376. The van der Waals surface area contributed by atoms with Crippen LogP contribution in [-0.2, 0) is 4.74 Å². The fraction of sp³-hybridized carbons (Fsp3) is 0.600. The average Bonchev–Trinajstić information content (AvgIpc) is 1.85. The van der Waals surface area contributed by atoms with Crippen LogP contribution in [0.1, 0.15) is 6.92 Å². The lowest BCUT2D eigenvalue weighted by molar-refractivity contribution is 0.175. The van der Waals surface area contributed by atoms with Crippen LogP contribution in [0.4, 0.5) is 4.79 Å². The Balaban J connectivity index is 3.27. The van der Waals surface area contributed by atoms with Gasteiger partial charge in [-0.15, -0.1) is 0 Å². The van der Waals surface area contributed by atoms with Gasteiger partial charge in [0.2, 0.25) is 0 Å². The van der Waals surface area contributed by atoms with E-state index in [-0.39, 0.29) is 12.8 Å². The average molecular weight is 130 g/mol. The molecule has 1 N–H and O–H groups in total. The van der Waals surface area contributed by atoms with Crippen LogP contribution < -0.4 is 5.32 Å². The topological polar surface area (TPSA) is 50.7 Å². The maximum absolute atomic E-state index is 10.4. The number of nitrogens with zero attached hydrogens (tertiary/aromatic N) is 1. The van der Waals surface area contributed by atoms with Gasteiger partial charge in [0.1, 0.15) is 6.73 Å². The van der Waals surface area contributed by atoms with E-state index < -0.39 is 0 Å². The molecular weight excluding hydrogens is 120 g/mol. The maximum Gasteiger partial charge on any atom is 0.342 e. The Hall–Kier alpha value is -0.900. The van der Waals surface area contributed by atoms with E-state index in [4.69, 9.17) is 0 Å². The molecule has 0 aliphatic carbocycles. The monoisotopic (exact) mass is 130 g/mol. The van der Waals surface area contributed by atoms with Gasteiger partial charge >= 0.3 is 6.03 Å².